The smallest absolute Gasteiger partial charge is 0.325 e. The molecule has 2 amide bonds. The summed E-state index contributed by atoms with van der Waals surface area (Å²) in [5, 5.41) is 4.80. The maximum Gasteiger partial charge on any atom is 0.325 e. The minimum absolute atomic E-state index is 0.253. The van der Waals surface area contributed by atoms with Gasteiger partial charge in [-0.1, -0.05) is 18.2 Å². The Balaban J connectivity index is 1.77. The Morgan fingerprint density at radius 1 is 1.11 bits per heavy atom. The van der Waals surface area contributed by atoms with Crippen LogP contribution < -0.4 is 15.4 Å². The molecule has 0 aromatic heterocycles. The van der Waals surface area contributed by atoms with Gasteiger partial charge in [-0.05, 0) is 36.8 Å². The van der Waals surface area contributed by atoms with E-state index in [-0.39, 0.29) is 11.3 Å². The molecule has 0 aliphatic heterocycles. The summed E-state index contributed by atoms with van der Waals surface area (Å²) in [6.45, 7) is 0.629. The second-order valence-corrected chi connectivity index (χ2v) is 5.56. The fourth-order valence-electron chi connectivity index (χ4n) is 2.14. The van der Waals surface area contributed by atoms with Crippen molar-refractivity contribution in [2.45, 2.75) is 6.92 Å². The number of benzene rings is 2. The molecule has 0 atom stereocenters. The summed E-state index contributed by atoms with van der Waals surface area (Å²) in [5.74, 6) is -2.01. The van der Waals surface area contributed by atoms with E-state index >= 15 is 0 Å². The molecule has 0 unspecified atom stereocenters. The molecular weight excluding hydrogens is 355 g/mol. The number of aryl methyl sites for hydroxylation is 1. The first-order valence-electron chi connectivity index (χ1n) is 8.03. The molecule has 2 rings (SSSR count). The van der Waals surface area contributed by atoms with Gasteiger partial charge in [0.25, 0.3) is 11.8 Å². The number of methoxy groups -OCH3 is 1. The number of rotatable bonds is 7. The van der Waals surface area contributed by atoms with Crippen molar-refractivity contribution in [2.24, 2.45) is 0 Å². The van der Waals surface area contributed by atoms with Crippen LogP contribution in [0.3, 0.4) is 0 Å². The summed E-state index contributed by atoms with van der Waals surface area (Å²) >= 11 is 0. The third kappa shape index (κ3) is 5.81. The largest absolute Gasteiger partial charge is 0.496 e. The van der Waals surface area contributed by atoms with Crippen LogP contribution in [0.2, 0.25) is 0 Å². The second kappa shape index (κ2) is 9.33. The zero-order chi connectivity index (χ0) is 19.8. The van der Waals surface area contributed by atoms with Crippen LogP contribution in [0.5, 0.6) is 5.75 Å². The number of para-hydroxylation sites is 1. The molecule has 0 bridgehead atoms. The average molecular weight is 374 g/mol. The fraction of sp³-hybridized carbons (Fsp3) is 0.211. The van der Waals surface area contributed by atoms with Crippen molar-refractivity contribution in [3.8, 4) is 5.75 Å². The SMILES string of the molecule is COc1ccccc1C(=O)NCC(=O)OCC(=O)Nc1ccc(C)c(F)c1. The summed E-state index contributed by atoms with van der Waals surface area (Å²) < 4.78 is 23.3. The van der Waals surface area contributed by atoms with Crippen LogP contribution >= 0.6 is 0 Å². The number of halogens is 1. The molecule has 2 aromatic carbocycles. The van der Waals surface area contributed by atoms with E-state index < -0.39 is 36.8 Å². The van der Waals surface area contributed by atoms with Crippen LogP contribution in [0.15, 0.2) is 42.5 Å². The monoisotopic (exact) mass is 374 g/mol. The minimum Gasteiger partial charge on any atom is -0.496 e. The lowest BCUT2D eigenvalue weighted by Crippen LogP contribution is -2.32. The Hall–Kier alpha value is -3.42. The fourth-order valence-corrected chi connectivity index (χ4v) is 2.14. The third-order valence-corrected chi connectivity index (χ3v) is 3.56. The summed E-state index contributed by atoms with van der Waals surface area (Å²) in [7, 11) is 1.43. The van der Waals surface area contributed by atoms with Crippen molar-refractivity contribution in [3.05, 3.63) is 59.4 Å². The molecule has 7 nitrogen and oxygen atoms in total. The standard InChI is InChI=1S/C19H19FN2O5/c1-12-7-8-13(9-15(12)20)22-17(23)11-27-18(24)10-21-19(25)14-5-3-4-6-16(14)26-2/h3-9H,10-11H2,1-2H3,(H,21,25)(H,22,23). The first-order chi connectivity index (χ1) is 12.9. The quantitative estimate of drug-likeness (QED) is 0.724. The van der Waals surface area contributed by atoms with Crippen LogP contribution in [-0.2, 0) is 14.3 Å². The molecule has 2 N–H and O–H groups in total. The molecule has 0 aliphatic carbocycles. The van der Waals surface area contributed by atoms with E-state index in [1.807, 2.05) is 0 Å². The van der Waals surface area contributed by atoms with E-state index in [0.717, 1.165) is 0 Å². The van der Waals surface area contributed by atoms with Gasteiger partial charge in [-0.2, -0.15) is 0 Å². The van der Waals surface area contributed by atoms with E-state index in [4.69, 9.17) is 9.47 Å². The summed E-state index contributed by atoms with van der Waals surface area (Å²) in [6, 6.07) is 10.8. The Morgan fingerprint density at radius 3 is 2.56 bits per heavy atom. The Morgan fingerprint density at radius 2 is 1.85 bits per heavy atom. The van der Waals surface area contributed by atoms with Crippen molar-refractivity contribution < 1.29 is 28.2 Å². The molecule has 142 valence electrons. The van der Waals surface area contributed by atoms with Crippen LogP contribution in [-0.4, -0.2) is 38.0 Å². The summed E-state index contributed by atoms with van der Waals surface area (Å²) in [5.41, 5.74) is 0.973. The first-order valence-corrected chi connectivity index (χ1v) is 8.03. The highest BCUT2D eigenvalue weighted by Gasteiger charge is 2.14. The lowest BCUT2D eigenvalue weighted by Gasteiger charge is -2.09. The third-order valence-electron chi connectivity index (χ3n) is 3.56. The first kappa shape index (κ1) is 19.9. The van der Waals surface area contributed by atoms with Gasteiger partial charge in [0, 0.05) is 5.69 Å². The van der Waals surface area contributed by atoms with Gasteiger partial charge in [0.1, 0.15) is 18.1 Å². The van der Waals surface area contributed by atoms with E-state index in [0.29, 0.717) is 11.3 Å². The number of amides is 2. The van der Waals surface area contributed by atoms with Gasteiger partial charge in [-0.25, -0.2) is 4.39 Å². The van der Waals surface area contributed by atoms with Crippen molar-refractivity contribution in [1.29, 1.82) is 0 Å². The molecule has 2 aromatic rings. The van der Waals surface area contributed by atoms with Gasteiger partial charge < -0.3 is 20.1 Å². The van der Waals surface area contributed by atoms with Gasteiger partial charge in [0.15, 0.2) is 6.61 Å². The number of nitrogens with one attached hydrogen (secondary N) is 2. The van der Waals surface area contributed by atoms with Crippen LogP contribution in [0.4, 0.5) is 10.1 Å². The predicted octanol–water partition coefficient (Wildman–Crippen LogP) is 2.05. The van der Waals surface area contributed by atoms with E-state index in [1.165, 1.54) is 25.3 Å². The van der Waals surface area contributed by atoms with E-state index in [2.05, 4.69) is 10.6 Å². The number of anilines is 1. The van der Waals surface area contributed by atoms with Gasteiger partial charge >= 0.3 is 5.97 Å². The molecule has 0 heterocycles. The van der Waals surface area contributed by atoms with Gasteiger partial charge in [-0.15, -0.1) is 0 Å². The predicted molar refractivity (Wildman–Crippen MR) is 96.1 cm³/mol. The normalized spacial score (nSPS) is 10.0. The average Bonchev–Trinajstić information content (AvgIpc) is 2.67. The highest BCUT2D eigenvalue weighted by atomic mass is 19.1. The number of hydrogen-bond acceptors (Lipinski definition) is 5. The van der Waals surface area contributed by atoms with E-state index in [9.17, 15) is 18.8 Å². The Labute approximate surface area is 155 Å². The van der Waals surface area contributed by atoms with Crippen LogP contribution in [0.1, 0.15) is 15.9 Å². The number of carbonyl (C=O) groups is 3. The minimum atomic E-state index is -0.788. The summed E-state index contributed by atoms with van der Waals surface area (Å²) in [6.07, 6.45) is 0. The summed E-state index contributed by atoms with van der Waals surface area (Å²) in [4.78, 5) is 35.5. The number of carbonyl (C=O) groups excluding carboxylic acids is 3. The van der Waals surface area contributed by atoms with Crippen molar-refractivity contribution in [1.82, 2.24) is 5.32 Å². The molecule has 0 aliphatic rings. The van der Waals surface area contributed by atoms with Crippen molar-refractivity contribution in [3.63, 3.8) is 0 Å². The molecular formula is C19H19FN2O5. The van der Waals surface area contributed by atoms with Crippen molar-refractivity contribution >= 4 is 23.5 Å². The zero-order valence-electron chi connectivity index (χ0n) is 14.9. The van der Waals surface area contributed by atoms with Crippen LogP contribution in [0, 0.1) is 12.7 Å². The topological polar surface area (TPSA) is 93.7 Å². The maximum atomic E-state index is 13.4. The number of ether oxygens (including phenoxy) is 2. The lowest BCUT2D eigenvalue weighted by atomic mass is 10.2. The molecule has 0 radical (unpaired) electrons. The highest BCUT2D eigenvalue weighted by molar-refractivity contribution is 5.98. The van der Waals surface area contributed by atoms with Gasteiger partial charge in [0.2, 0.25) is 0 Å². The molecule has 0 spiro atoms. The Bertz CT molecular complexity index is 854. The zero-order valence-corrected chi connectivity index (χ0v) is 14.9. The lowest BCUT2D eigenvalue weighted by molar-refractivity contribution is -0.146. The van der Waals surface area contributed by atoms with Gasteiger partial charge in [-0.3, -0.25) is 14.4 Å². The molecule has 27 heavy (non-hydrogen) atoms. The maximum absolute atomic E-state index is 13.4. The highest BCUT2D eigenvalue weighted by Crippen LogP contribution is 2.16. The van der Waals surface area contributed by atoms with E-state index in [1.54, 1.807) is 31.2 Å². The number of esters is 1. The molecule has 0 saturated carbocycles. The second-order valence-electron chi connectivity index (χ2n) is 5.56. The number of hydrogen-bond donors (Lipinski definition) is 2. The Kier molecular flexibility index (Phi) is 6.87. The molecule has 8 heteroatoms. The van der Waals surface area contributed by atoms with Crippen molar-refractivity contribution in [2.75, 3.05) is 25.6 Å². The van der Waals surface area contributed by atoms with Gasteiger partial charge in [0.05, 0.1) is 12.7 Å². The molecule has 0 fully saturated rings. The molecule has 0 saturated heterocycles. The van der Waals surface area contributed by atoms with Crippen LogP contribution in [0.25, 0.3) is 0 Å².